The summed E-state index contributed by atoms with van der Waals surface area (Å²) >= 11 is 0. The number of nitrogens with zero attached hydrogens (tertiary/aromatic N) is 1. The maximum atomic E-state index is 13.3. The molecule has 2 atom stereocenters. The van der Waals surface area contributed by atoms with Crippen molar-refractivity contribution in [1.82, 2.24) is 10.6 Å². The topological polar surface area (TPSA) is 193 Å². The second kappa shape index (κ2) is 20.9. The largest absolute Gasteiger partial charge is 0.445 e. The summed E-state index contributed by atoms with van der Waals surface area (Å²) in [4.78, 5) is 60.9. The lowest BCUT2D eigenvalue weighted by Crippen LogP contribution is -2.33. The van der Waals surface area contributed by atoms with Gasteiger partial charge in [-0.1, -0.05) is 54.3 Å². The smallest absolute Gasteiger partial charge is 0.407 e. The molecule has 1 aliphatic rings. The van der Waals surface area contributed by atoms with E-state index in [9.17, 15) is 28.8 Å². The number of anilines is 2. The first-order valence-electron chi connectivity index (χ1n) is 17.2. The van der Waals surface area contributed by atoms with Crippen LogP contribution in [0.1, 0.15) is 54.4 Å². The van der Waals surface area contributed by atoms with Crippen molar-refractivity contribution in [3.05, 3.63) is 95.1 Å². The third-order valence-corrected chi connectivity index (χ3v) is 8.45. The van der Waals surface area contributed by atoms with Gasteiger partial charge >= 0.3 is 13.7 Å². The van der Waals surface area contributed by atoms with Crippen LogP contribution in [0.15, 0.2) is 72.8 Å². The molecular weight excluding hydrogens is 703 g/mol. The molecule has 1 aliphatic heterocycles. The highest BCUT2D eigenvalue weighted by molar-refractivity contribution is 7.51. The van der Waals surface area contributed by atoms with Crippen molar-refractivity contribution in [2.24, 2.45) is 0 Å². The molecule has 1 heterocycles. The SMILES string of the molecule is CP(=O)(O)OCC(O)COCCCNC(=O)OCc1ccc(NC(=O)CNC(=O)CCCCC(=O)N2Cc3ccccc3C#Cc3ccccc32)cc1. The van der Waals surface area contributed by atoms with Gasteiger partial charge < -0.3 is 44.8 Å². The Labute approximate surface area is 308 Å². The molecule has 4 rings (SSSR count). The zero-order valence-electron chi connectivity index (χ0n) is 29.5. The van der Waals surface area contributed by atoms with Crippen molar-refractivity contribution in [2.45, 2.75) is 51.4 Å². The number of carbonyl (C=O) groups excluding carboxylic acids is 4. The fourth-order valence-corrected chi connectivity index (χ4v) is 5.57. The number of alkyl carbamates (subject to hydrolysis) is 1. The van der Waals surface area contributed by atoms with Gasteiger partial charge in [-0.05, 0) is 60.7 Å². The quantitative estimate of drug-likeness (QED) is 0.0678. The first-order valence-corrected chi connectivity index (χ1v) is 19.3. The normalized spacial score (nSPS) is 13.4. The van der Waals surface area contributed by atoms with E-state index in [-0.39, 0.29) is 64.2 Å². The van der Waals surface area contributed by atoms with Crippen molar-refractivity contribution in [2.75, 3.05) is 49.8 Å². The summed E-state index contributed by atoms with van der Waals surface area (Å²) in [6.07, 6.45) is 0.225. The van der Waals surface area contributed by atoms with Crippen molar-refractivity contribution < 1.29 is 47.7 Å². The molecule has 0 saturated heterocycles. The number of benzene rings is 3. The van der Waals surface area contributed by atoms with Crippen LogP contribution in [0.2, 0.25) is 0 Å². The molecular formula is C38H45N4O10P. The van der Waals surface area contributed by atoms with Gasteiger partial charge in [0.2, 0.25) is 17.7 Å². The number of para-hydroxylation sites is 1. The van der Waals surface area contributed by atoms with Gasteiger partial charge in [-0.15, -0.1) is 0 Å². The highest BCUT2D eigenvalue weighted by Gasteiger charge is 2.21. The van der Waals surface area contributed by atoms with Crippen LogP contribution < -0.4 is 20.9 Å². The van der Waals surface area contributed by atoms with E-state index in [1.54, 1.807) is 29.2 Å². The minimum atomic E-state index is -3.66. The molecule has 0 saturated carbocycles. The number of aliphatic hydroxyl groups excluding tert-OH is 1. The highest BCUT2D eigenvalue weighted by Crippen LogP contribution is 2.36. The average Bonchev–Trinajstić information content (AvgIpc) is 3.13. The van der Waals surface area contributed by atoms with Gasteiger partial charge in [0, 0.05) is 49.5 Å². The molecule has 0 spiro atoms. The summed E-state index contributed by atoms with van der Waals surface area (Å²) in [5.41, 5.74) is 4.62. The van der Waals surface area contributed by atoms with Crippen molar-refractivity contribution in [3.63, 3.8) is 0 Å². The van der Waals surface area contributed by atoms with Gasteiger partial charge in [0.15, 0.2) is 0 Å². The van der Waals surface area contributed by atoms with Gasteiger partial charge in [0.05, 0.1) is 32.0 Å². The molecule has 14 nitrogen and oxygen atoms in total. The molecule has 3 aromatic carbocycles. The van der Waals surface area contributed by atoms with Crippen LogP contribution in [0.25, 0.3) is 0 Å². The number of amides is 4. The molecule has 0 bridgehead atoms. The number of unbranched alkanes of at least 4 members (excludes halogenated alkanes) is 1. The van der Waals surface area contributed by atoms with Gasteiger partial charge in [-0.2, -0.15) is 0 Å². The van der Waals surface area contributed by atoms with Crippen LogP contribution in [-0.4, -0.2) is 79.5 Å². The summed E-state index contributed by atoms with van der Waals surface area (Å²) in [5, 5.41) is 17.5. The lowest BCUT2D eigenvalue weighted by molar-refractivity contribution is -0.124. The molecule has 3 aromatic rings. The number of hydrogen-bond acceptors (Lipinski definition) is 9. The molecule has 5 N–H and O–H groups in total. The number of nitrogens with one attached hydrogen (secondary N) is 3. The molecule has 4 amide bonds. The summed E-state index contributed by atoms with van der Waals surface area (Å²) < 4.78 is 26.1. The summed E-state index contributed by atoms with van der Waals surface area (Å²) in [6, 6.07) is 22.1. The summed E-state index contributed by atoms with van der Waals surface area (Å²) in [6.45, 7) is 1.34. The number of fused-ring (bicyclic) bond motifs is 2. The van der Waals surface area contributed by atoms with E-state index in [2.05, 4.69) is 32.3 Å². The standard InChI is InChI=1S/C38H45N4O10P/c1-53(48,49)52-27-33(43)26-50-22-8-21-39-38(47)51-25-28-15-19-32(20-16-28)41-36(45)23-40-35(44)13-6-7-14-37(46)42-24-31-11-3-2-9-29(31)17-18-30-10-4-5-12-34(30)42/h2-5,9-12,15-16,19-20,33,43H,6-8,13-14,21-27H2,1H3,(H,39,47)(H,40,44)(H,41,45)(H,48,49). The predicted octanol–water partition coefficient (Wildman–Crippen LogP) is 4.07. The van der Waals surface area contributed by atoms with Crippen LogP contribution in [-0.2, 0) is 46.1 Å². The maximum absolute atomic E-state index is 13.3. The highest BCUT2D eigenvalue weighted by atomic mass is 31.2. The van der Waals surface area contributed by atoms with E-state index in [4.69, 9.17) is 14.4 Å². The number of ether oxygens (including phenoxy) is 2. The van der Waals surface area contributed by atoms with Gasteiger partial charge in [-0.25, -0.2) is 4.79 Å². The van der Waals surface area contributed by atoms with Crippen molar-refractivity contribution in [3.8, 4) is 11.8 Å². The third-order valence-electron chi connectivity index (χ3n) is 7.82. The summed E-state index contributed by atoms with van der Waals surface area (Å²) in [7, 11) is -3.66. The number of aliphatic hydroxyl groups is 1. The zero-order valence-corrected chi connectivity index (χ0v) is 30.4. The maximum Gasteiger partial charge on any atom is 0.407 e. The fourth-order valence-electron chi connectivity index (χ4n) is 5.12. The monoisotopic (exact) mass is 748 g/mol. The number of hydrogen-bond donors (Lipinski definition) is 5. The lowest BCUT2D eigenvalue weighted by atomic mass is 10.0. The van der Waals surface area contributed by atoms with Crippen LogP contribution >= 0.6 is 7.60 Å². The van der Waals surface area contributed by atoms with E-state index >= 15 is 0 Å². The van der Waals surface area contributed by atoms with E-state index in [0.717, 1.165) is 29.0 Å². The first-order chi connectivity index (χ1) is 25.5. The predicted molar refractivity (Wildman–Crippen MR) is 198 cm³/mol. The Morgan fingerprint density at radius 2 is 1.57 bits per heavy atom. The van der Waals surface area contributed by atoms with Crippen molar-refractivity contribution in [1.29, 1.82) is 0 Å². The van der Waals surface area contributed by atoms with E-state index in [1.165, 1.54) is 0 Å². The molecule has 0 radical (unpaired) electrons. The van der Waals surface area contributed by atoms with Crippen LogP contribution in [0.5, 0.6) is 0 Å². The second-order valence-corrected chi connectivity index (χ2v) is 14.2. The average molecular weight is 749 g/mol. The Balaban J connectivity index is 1.06. The minimum Gasteiger partial charge on any atom is -0.445 e. The first kappa shape index (κ1) is 40.7. The molecule has 0 aliphatic carbocycles. The van der Waals surface area contributed by atoms with Gasteiger partial charge in [0.1, 0.15) is 12.7 Å². The Kier molecular flexibility index (Phi) is 16.0. The minimum absolute atomic E-state index is 0.00448. The molecule has 2 unspecified atom stereocenters. The Morgan fingerprint density at radius 1 is 0.868 bits per heavy atom. The van der Waals surface area contributed by atoms with Gasteiger partial charge in [0.25, 0.3) is 0 Å². The lowest BCUT2D eigenvalue weighted by Gasteiger charge is -2.26. The Bertz CT molecular complexity index is 1820. The van der Waals surface area contributed by atoms with Crippen LogP contribution in [0.4, 0.5) is 16.2 Å². The van der Waals surface area contributed by atoms with Crippen LogP contribution in [0, 0.1) is 11.8 Å². The fraction of sp³-hybridized carbons (Fsp3) is 0.368. The van der Waals surface area contributed by atoms with Gasteiger partial charge in [-0.3, -0.25) is 18.9 Å². The van der Waals surface area contributed by atoms with E-state index in [1.807, 2.05) is 48.5 Å². The third kappa shape index (κ3) is 14.9. The van der Waals surface area contributed by atoms with Crippen molar-refractivity contribution >= 4 is 42.8 Å². The van der Waals surface area contributed by atoms with E-state index < -0.39 is 25.7 Å². The Morgan fingerprint density at radius 3 is 2.34 bits per heavy atom. The Hall–Kier alpha value is -5.03. The molecule has 53 heavy (non-hydrogen) atoms. The zero-order chi connectivity index (χ0) is 38.1. The molecule has 0 aromatic heterocycles. The van der Waals surface area contributed by atoms with E-state index in [0.29, 0.717) is 37.1 Å². The molecule has 0 fully saturated rings. The number of carbonyl (C=O) groups is 4. The molecule has 15 heteroatoms. The summed E-state index contributed by atoms with van der Waals surface area (Å²) in [5.74, 6) is 5.66. The second-order valence-electron chi connectivity index (χ2n) is 12.3. The number of rotatable bonds is 19. The van der Waals surface area contributed by atoms with Crippen LogP contribution in [0.3, 0.4) is 0 Å². The molecule has 282 valence electrons.